The van der Waals surface area contributed by atoms with Crippen LogP contribution in [0.15, 0.2) is 56.9 Å². The van der Waals surface area contributed by atoms with Crippen LogP contribution >= 0.6 is 0 Å². The summed E-state index contributed by atoms with van der Waals surface area (Å²) in [5, 5.41) is 13.7. The fourth-order valence-electron chi connectivity index (χ4n) is 2.43. The third-order valence-electron chi connectivity index (χ3n) is 3.77. The van der Waals surface area contributed by atoms with Crippen LogP contribution in [0.2, 0.25) is 0 Å². The molecule has 2 aromatic heterocycles. The molecule has 0 atom stereocenters. The first-order valence-electron chi connectivity index (χ1n) is 8.08. The fraction of sp³-hybridized carbons (Fsp3) is 0.167. The highest BCUT2D eigenvalue weighted by atomic mass is 16.5. The van der Waals surface area contributed by atoms with E-state index in [1.54, 1.807) is 19.2 Å². The molecular weight excluding hydrogens is 352 g/mol. The molecule has 9 nitrogen and oxygen atoms in total. The molecule has 2 heterocycles. The molecule has 3 rings (SSSR count). The number of nitrogens with zero attached hydrogens (tertiary/aromatic N) is 3. The van der Waals surface area contributed by atoms with E-state index in [0.717, 1.165) is 22.2 Å². The summed E-state index contributed by atoms with van der Waals surface area (Å²) in [5.74, 6) is 0.640. The Balaban J connectivity index is 1.81. The summed E-state index contributed by atoms with van der Waals surface area (Å²) < 4.78 is 12.3. The Labute approximate surface area is 153 Å². The van der Waals surface area contributed by atoms with Crippen LogP contribution in [0.5, 0.6) is 11.6 Å². The van der Waals surface area contributed by atoms with E-state index in [-0.39, 0.29) is 13.0 Å². The number of imidazole rings is 1. The number of hydrogen-bond donors (Lipinski definition) is 2. The first-order valence-corrected chi connectivity index (χ1v) is 8.08. The molecule has 0 aliphatic carbocycles. The summed E-state index contributed by atoms with van der Waals surface area (Å²) in [4.78, 5) is 24.0. The Morgan fingerprint density at radius 1 is 1.30 bits per heavy atom. The van der Waals surface area contributed by atoms with Crippen molar-refractivity contribution in [2.45, 2.75) is 6.42 Å². The molecule has 0 bridgehead atoms. The van der Waals surface area contributed by atoms with E-state index >= 15 is 0 Å². The van der Waals surface area contributed by atoms with Crippen molar-refractivity contribution in [1.82, 2.24) is 9.24 Å². The van der Waals surface area contributed by atoms with Crippen molar-refractivity contribution < 1.29 is 19.1 Å². The molecule has 0 spiro atoms. The van der Waals surface area contributed by atoms with Crippen molar-refractivity contribution in [2.75, 3.05) is 13.7 Å². The zero-order valence-electron chi connectivity index (χ0n) is 14.5. The van der Waals surface area contributed by atoms with Crippen LogP contribution in [0.1, 0.15) is 17.0 Å². The first-order chi connectivity index (χ1) is 13.0. The summed E-state index contributed by atoms with van der Waals surface area (Å²) in [7, 11) is 1.59. The Kier molecular flexibility index (Phi) is 5.23. The summed E-state index contributed by atoms with van der Waals surface area (Å²) >= 11 is 0. The van der Waals surface area contributed by atoms with Crippen molar-refractivity contribution >= 4 is 12.1 Å². The van der Waals surface area contributed by atoms with E-state index in [0.29, 0.717) is 16.1 Å². The van der Waals surface area contributed by atoms with Gasteiger partial charge in [0.15, 0.2) is 0 Å². The number of rotatable bonds is 6. The molecule has 0 saturated carbocycles. The van der Waals surface area contributed by atoms with E-state index in [9.17, 15) is 14.7 Å². The molecule has 0 aliphatic rings. The molecule has 0 radical (unpaired) electrons. The van der Waals surface area contributed by atoms with Crippen molar-refractivity contribution in [2.24, 2.45) is 10.8 Å². The van der Waals surface area contributed by atoms with E-state index in [1.165, 1.54) is 6.21 Å². The predicted octanol–water partition coefficient (Wildman–Crippen LogP) is 1.50. The van der Waals surface area contributed by atoms with Gasteiger partial charge in [-0.1, -0.05) is 0 Å². The molecule has 0 unspecified atom stereocenters. The highest BCUT2D eigenvalue weighted by Crippen LogP contribution is 2.24. The lowest BCUT2D eigenvalue weighted by molar-refractivity contribution is 0.0892. The van der Waals surface area contributed by atoms with Gasteiger partial charge < -0.3 is 20.0 Å². The van der Waals surface area contributed by atoms with Crippen molar-refractivity contribution in [1.29, 1.82) is 0 Å². The SMILES string of the molecule is COc1ccc(-c2ccc(C=Nn3cc(O)n(C(=O)CCN)c3=O)o2)cc1. The lowest BCUT2D eigenvalue weighted by atomic mass is 10.2. The topological polar surface area (TPSA) is 125 Å². The number of nitrogens with two attached hydrogens (primary N) is 1. The van der Waals surface area contributed by atoms with E-state index in [2.05, 4.69) is 5.10 Å². The van der Waals surface area contributed by atoms with Crippen molar-refractivity contribution in [3.63, 3.8) is 0 Å². The number of ether oxygens (including phenoxy) is 1. The minimum Gasteiger partial charge on any atom is -0.497 e. The zero-order chi connectivity index (χ0) is 19.4. The number of furan rings is 1. The standard InChI is InChI=1S/C18H18N4O5/c1-26-13-4-2-12(3-5-13)15-7-6-14(27-15)10-20-21-11-17(24)22(18(21)25)16(23)8-9-19/h2-7,10-11,24H,8-9,19H2,1H3. The molecule has 1 aromatic carbocycles. The summed E-state index contributed by atoms with van der Waals surface area (Å²) in [6, 6.07) is 10.8. The molecule has 3 aromatic rings. The first kappa shape index (κ1) is 18.2. The largest absolute Gasteiger partial charge is 0.497 e. The maximum atomic E-state index is 12.2. The van der Waals surface area contributed by atoms with Crippen molar-refractivity contribution in [3.05, 3.63) is 58.8 Å². The van der Waals surface area contributed by atoms with Crippen LogP contribution in [-0.2, 0) is 0 Å². The van der Waals surface area contributed by atoms with Crippen molar-refractivity contribution in [3.8, 4) is 23.0 Å². The number of carbonyl (C=O) groups is 1. The van der Waals surface area contributed by atoms with Gasteiger partial charge >= 0.3 is 5.69 Å². The van der Waals surface area contributed by atoms with Gasteiger partial charge in [-0.25, -0.2) is 4.79 Å². The quantitative estimate of drug-likeness (QED) is 0.634. The van der Waals surface area contributed by atoms with Crippen LogP contribution in [0.3, 0.4) is 0 Å². The van der Waals surface area contributed by atoms with Crippen LogP contribution < -0.4 is 16.2 Å². The van der Waals surface area contributed by atoms with Gasteiger partial charge in [0.05, 0.1) is 19.5 Å². The lowest BCUT2D eigenvalue weighted by Gasteiger charge is -2.00. The molecule has 9 heteroatoms. The highest BCUT2D eigenvalue weighted by Gasteiger charge is 2.16. The van der Waals surface area contributed by atoms with Gasteiger partial charge in [-0.3, -0.25) is 4.79 Å². The second-order valence-electron chi connectivity index (χ2n) is 5.56. The summed E-state index contributed by atoms with van der Waals surface area (Å²) in [6.45, 7) is 0.0691. The average Bonchev–Trinajstić information content (AvgIpc) is 3.24. The van der Waals surface area contributed by atoms with Crippen LogP contribution in [-0.4, -0.2) is 40.1 Å². The van der Waals surface area contributed by atoms with Gasteiger partial charge in [-0.2, -0.15) is 14.3 Å². The van der Waals surface area contributed by atoms with Crippen LogP contribution in [0, 0.1) is 0 Å². The summed E-state index contributed by atoms with van der Waals surface area (Å²) in [5.41, 5.74) is 5.36. The minimum atomic E-state index is -0.788. The van der Waals surface area contributed by atoms with Crippen LogP contribution in [0.4, 0.5) is 0 Å². The molecular formula is C18H18N4O5. The molecule has 0 fully saturated rings. The Morgan fingerprint density at radius 3 is 2.70 bits per heavy atom. The predicted molar refractivity (Wildman–Crippen MR) is 98.3 cm³/mol. The average molecular weight is 370 g/mol. The Morgan fingerprint density at radius 2 is 2.04 bits per heavy atom. The monoisotopic (exact) mass is 370 g/mol. The minimum absolute atomic E-state index is 0.0649. The summed E-state index contributed by atoms with van der Waals surface area (Å²) in [6.07, 6.45) is 2.29. The number of carbonyl (C=O) groups excluding carboxylic acids is 1. The molecule has 3 N–H and O–H groups in total. The second-order valence-corrected chi connectivity index (χ2v) is 5.56. The van der Waals surface area contributed by atoms with Gasteiger partial charge in [0.25, 0.3) is 0 Å². The third-order valence-corrected chi connectivity index (χ3v) is 3.77. The highest BCUT2D eigenvalue weighted by molar-refractivity contribution is 5.80. The third kappa shape index (κ3) is 3.82. The maximum absolute atomic E-state index is 12.2. The maximum Gasteiger partial charge on any atom is 0.358 e. The van der Waals surface area contributed by atoms with Gasteiger partial charge in [0.2, 0.25) is 11.8 Å². The van der Waals surface area contributed by atoms with Gasteiger partial charge in [0, 0.05) is 18.5 Å². The van der Waals surface area contributed by atoms with E-state index in [4.69, 9.17) is 14.9 Å². The Bertz CT molecular complexity index is 1030. The van der Waals surface area contributed by atoms with E-state index in [1.807, 2.05) is 24.3 Å². The molecule has 0 saturated heterocycles. The second kappa shape index (κ2) is 7.75. The number of methoxy groups -OCH3 is 1. The number of aromatic hydroxyl groups is 1. The molecule has 0 amide bonds. The Hall–Kier alpha value is -3.59. The number of benzene rings is 1. The van der Waals surface area contributed by atoms with Crippen LogP contribution in [0.25, 0.3) is 11.3 Å². The molecule has 27 heavy (non-hydrogen) atoms. The normalized spacial score (nSPS) is 11.2. The van der Waals surface area contributed by atoms with Gasteiger partial charge in [-0.15, -0.1) is 0 Å². The number of hydrogen-bond acceptors (Lipinski definition) is 7. The fourth-order valence-corrected chi connectivity index (χ4v) is 2.43. The smallest absolute Gasteiger partial charge is 0.358 e. The lowest BCUT2D eigenvalue weighted by Crippen LogP contribution is -2.28. The number of aromatic nitrogens is 2. The molecule has 0 aliphatic heterocycles. The van der Waals surface area contributed by atoms with E-state index < -0.39 is 17.5 Å². The molecule has 140 valence electrons. The van der Waals surface area contributed by atoms with Gasteiger partial charge in [-0.05, 0) is 36.4 Å². The van der Waals surface area contributed by atoms with Gasteiger partial charge in [0.1, 0.15) is 17.3 Å². The zero-order valence-corrected chi connectivity index (χ0v) is 14.5.